The van der Waals surface area contributed by atoms with Gasteiger partial charge in [0.1, 0.15) is 19.0 Å². The number of amides is 2. The Morgan fingerprint density at radius 3 is 2.39 bits per heavy atom. The molecule has 1 aliphatic heterocycles. The molecule has 0 bridgehead atoms. The number of hydrogen-bond acceptors (Lipinski definition) is 5. The van der Waals surface area contributed by atoms with Crippen LogP contribution in [0, 0.1) is 0 Å². The number of rotatable bonds is 2. The van der Waals surface area contributed by atoms with Gasteiger partial charge in [-0.15, -0.1) is 0 Å². The number of ether oxygens (including phenoxy) is 2. The summed E-state index contributed by atoms with van der Waals surface area (Å²) < 4.78 is 10.8. The number of aromatic hydroxyl groups is 1. The average Bonchev–Trinajstić information content (AvgIpc) is 2.59. The zero-order valence-electron chi connectivity index (χ0n) is 12.0. The number of phenols is 1. The highest BCUT2D eigenvalue weighted by molar-refractivity contribution is 6.00. The quantitative estimate of drug-likeness (QED) is 0.725. The number of hydrazine groups is 1. The largest absolute Gasteiger partial charge is 0.507 e. The van der Waals surface area contributed by atoms with Crippen LogP contribution in [-0.2, 0) is 0 Å². The van der Waals surface area contributed by atoms with E-state index in [9.17, 15) is 14.7 Å². The van der Waals surface area contributed by atoms with Crippen molar-refractivity contribution in [3.63, 3.8) is 0 Å². The van der Waals surface area contributed by atoms with Crippen LogP contribution in [0.4, 0.5) is 0 Å². The molecular formula is C16H14N2O5. The summed E-state index contributed by atoms with van der Waals surface area (Å²) in [5.41, 5.74) is 4.91. The fourth-order valence-electron chi connectivity index (χ4n) is 2.10. The van der Waals surface area contributed by atoms with Crippen LogP contribution in [-0.4, -0.2) is 30.1 Å². The zero-order chi connectivity index (χ0) is 16.2. The van der Waals surface area contributed by atoms with Crippen molar-refractivity contribution in [3.05, 3.63) is 53.6 Å². The topological polar surface area (TPSA) is 96.9 Å². The molecule has 0 saturated heterocycles. The summed E-state index contributed by atoms with van der Waals surface area (Å²) in [6.07, 6.45) is 0. The van der Waals surface area contributed by atoms with E-state index in [1.54, 1.807) is 24.3 Å². The maximum Gasteiger partial charge on any atom is 0.273 e. The van der Waals surface area contributed by atoms with E-state index in [1.807, 2.05) is 0 Å². The Morgan fingerprint density at radius 2 is 1.61 bits per heavy atom. The molecule has 0 aromatic heterocycles. The van der Waals surface area contributed by atoms with E-state index in [-0.39, 0.29) is 11.3 Å². The Labute approximate surface area is 131 Å². The summed E-state index contributed by atoms with van der Waals surface area (Å²) in [5, 5.41) is 9.59. The average molecular weight is 314 g/mol. The van der Waals surface area contributed by atoms with Crippen LogP contribution in [0.2, 0.25) is 0 Å². The van der Waals surface area contributed by atoms with E-state index in [2.05, 4.69) is 10.9 Å². The van der Waals surface area contributed by atoms with E-state index in [4.69, 9.17) is 9.47 Å². The lowest BCUT2D eigenvalue weighted by Crippen LogP contribution is -2.41. The molecule has 118 valence electrons. The predicted octanol–water partition coefficient (Wildman–Crippen LogP) is 1.24. The third-order valence-corrected chi connectivity index (χ3v) is 3.24. The van der Waals surface area contributed by atoms with Crippen LogP contribution in [0.3, 0.4) is 0 Å². The molecule has 23 heavy (non-hydrogen) atoms. The number of phenolic OH excluding ortho intramolecular Hbond substituents is 1. The second-order valence-electron chi connectivity index (χ2n) is 4.78. The van der Waals surface area contributed by atoms with Gasteiger partial charge in [0.25, 0.3) is 11.8 Å². The first-order chi connectivity index (χ1) is 11.1. The molecule has 3 rings (SSSR count). The molecule has 0 saturated carbocycles. The van der Waals surface area contributed by atoms with Gasteiger partial charge in [-0.05, 0) is 30.3 Å². The summed E-state index contributed by atoms with van der Waals surface area (Å²) in [7, 11) is 0. The normalized spacial score (nSPS) is 12.3. The molecule has 2 aromatic rings. The first kappa shape index (κ1) is 14.7. The van der Waals surface area contributed by atoms with Gasteiger partial charge in [-0.2, -0.15) is 0 Å². The lowest BCUT2D eigenvalue weighted by atomic mass is 10.2. The molecule has 0 unspecified atom stereocenters. The molecule has 7 nitrogen and oxygen atoms in total. The maximum absolute atomic E-state index is 12.1. The van der Waals surface area contributed by atoms with E-state index in [0.717, 1.165) is 0 Å². The van der Waals surface area contributed by atoms with E-state index in [1.165, 1.54) is 18.2 Å². The van der Waals surface area contributed by atoms with Crippen molar-refractivity contribution in [1.82, 2.24) is 10.9 Å². The highest BCUT2D eigenvalue weighted by Gasteiger charge is 2.16. The van der Waals surface area contributed by atoms with Gasteiger partial charge in [-0.1, -0.05) is 12.1 Å². The van der Waals surface area contributed by atoms with Crippen molar-refractivity contribution in [2.24, 2.45) is 0 Å². The number of carbonyl (C=O) groups is 2. The summed E-state index contributed by atoms with van der Waals surface area (Å²) in [6, 6.07) is 10.8. The molecule has 0 aliphatic carbocycles. The highest BCUT2D eigenvalue weighted by atomic mass is 16.6. The molecule has 1 aliphatic rings. The van der Waals surface area contributed by atoms with Crippen molar-refractivity contribution >= 4 is 11.8 Å². The summed E-state index contributed by atoms with van der Waals surface area (Å²) in [6.45, 7) is 0.886. The minimum absolute atomic E-state index is 0.0648. The summed E-state index contributed by atoms with van der Waals surface area (Å²) in [4.78, 5) is 24.0. The lowest BCUT2D eigenvalue weighted by Gasteiger charge is -2.18. The number of nitrogens with one attached hydrogen (secondary N) is 2. The molecule has 2 amide bonds. The zero-order valence-corrected chi connectivity index (χ0v) is 12.0. The van der Waals surface area contributed by atoms with Gasteiger partial charge in [0.2, 0.25) is 0 Å². The maximum atomic E-state index is 12.1. The van der Waals surface area contributed by atoms with Crippen molar-refractivity contribution in [1.29, 1.82) is 0 Å². The van der Waals surface area contributed by atoms with Gasteiger partial charge in [0, 0.05) is 5.56 Å². The second kappa shape index (κ2) is 6.27. The van der Waals surface area contributed by atoms with Gasteiger partial charge < -0.3 is 14.6 Å². The number of fused-ring (bicyclic) bond motifs is 1. The van der Waals surface area contributed by atoms with Crippen LogP contribution in [0.1, 0.15) is 20.7 Å². The first-order valence-electron chi connectivity index (χ1n) is 6.93. The first-order valence-corrected chi connectivity index (χ1v) is 6.93. The molecule has 0 fully saturated rings. The molecular weight excluding hydrogens is 300 g/mol. The fourth-order valence-corrected chi connectivity index (χ4v) is 2.10. The van der Waals surface area contributed by atoms with Gasteiger partial charge in [0.05, 0.1) is 5.56 Å². The Bertz CT molecular complexity index is 760. The van der Waals surface area contributed by atoms with Gasteiger partial charge in [-0.25, -0.2) is 0 Å². The van der Waals surface area contributed by atoms with E-state index >= 15 is 0 Å². The second-order valence-corrected chi connectivity index (χ2v) is 4.78. The third-order valence-electron chi connectivity index (χ3n) is 3.24. The molecule has 1 heterocycles. The number of carbonyl (C=O) groups excluding carboxylic acids is 2. The number of hydrogen-bond donors (Lipinski definition) is 3. The van der Waals surface area contributed by atoms with Crippen LogP contribution >= 0.6 is 0 Å². The highest BCUT2D eigenvalue weighted by Crippen LogP contribution is 2.30. The fraction of sp³-hybridized carbons (Fsp3) is 0.125. The van der Waals surface area contributed by atoms with Crippen LogP contribution in [0.5, 0.6) is 17.2 Å². The smallest absolute Gasteiger partial charge is 0.273 e. The van der Waals surface area contributed by atoms with Crippen molar-refractivity contribution in [2.45, 2.75) is 0 Å². The molecule has 3 N–H and O–H groups in total. The molecule has 2 aromatic carbocycles. The number of benzene rings is 2. The minimum Gasteiger partial charge on any atom is -0.507 e. The third kappa shape index (κ3) is 3.18. The molecule has 0 spiro atoms. The monoisotopic (exact) mass is 314 g/mol. The van der Waals surface area contributed by atoms with Crippen molar-refractivity contribution < 1.29 is 24.2 Å². The van der Waals surface area contributed by atoms with Gasteiger partial charge in [0.15, 0.2) is 11.5 Å². The van der Waals surface area contributed by atoms with Crippen LogP contribution in [0.25, 0.3) is 0 Å². The Balaban J connectivity index is 1.66. The Kier molecular flexibility index (Phi) is 4.01. The van der Waals surface area contributed by atoms with E-state index < -0.39 is 11.8 Å². The minimum atomic E-state index is -0.617. The molecule has 7 heteroatoms. The predicted molar refractivity (Wildman–Crippen MR) is 80.5 cm³/mol. The van der Waals surface area contributed by atoms with Gasteiger partial charge in [-0.3, -0.25) is 20.4 Å². The van der Waals surface area contributed by atoms with Crippen LogP contribution in [0.15, 0.2) is 42.5 Å². The molecule has 0 atom stereocenters. The van der Waals surface area contributed by atoms with Crippen LogP contribution < -0.4 is 20.3 Å². The van der Waals surface area contributed by atoms with Gasteiger partial charge >= 0.3 is 0 Å². The summed E-state index contributed by atoms with van der Waals surface area (Å²) in [5.74, 6) is -0.236. The van der Waals surface area contributed by atoms with E-state index in [0.29, 0.717) is 30.3 Å². The number of para-hydroxylation sites is 1. The Hall–Kier alpha value is -3.22. The van der Waals surface area contributed by atoms with Crippen molar-refractivity contribution in [3.8, 4) is 17.2 Å². The lowest BCUT2D eigenvalue weighted by molar-refractivity contribution is 0.0844. The Morgan fingerprint density at radius 1 is 0.913 bits per heavy atom. The molecule has 0 radical (unpaired) electrons. The summed E-state index contributed by atoms with van der Waals surface area (Å²) >= 11 is 0. The SMILES string of the molecule is O=C(NNC(=O)c1ccccc1O)c1ccc2c(c1)OCCO2. The standard InChI is InChI=1S/C16H14N2O5/c19-12-4-2-1-3-11(12)16(21)18-17-15(20)10-5-6-13-14(9-10)23-8-7-22-13/h1-6,9,19H,7-8H2,(H,17,20)(H,18,21). The van der Waals surface area contributed by atoms with Crippen molar-refractivity contribution in [2.75, 3.05) is 13.2 Å².